The minimum atomic E-state index is -1.32. The average Bonchev–Trinajstić information content (AvgIpc) is 2.73. The third-order valence-corrected chi connectivity index (χ3v) is 4.98. The lowest BCUT2D eigenvalue weighted by Gasteiger charge is -2.17. The lowest BCUT2D eigenvalue weighted by Crippen LogP contribution is -2.11. The molecule has 7 heteroatoms. The number of Topliss-reactive ketones (excluding diaryl/α,β-unsaturated/α-hetero) is 1. The number of benzene rings is 2. The maximum absolute atomic E-state index is 12.7. The van der Waals surface area contributed by atoms with Gasteiger partial charge in [-0.1, -0.05) is 33.1 Å². The lowest BCUT2D eigenvalue weighted by molar-refractivity contribution is 0.0688. The fourth-order valence-electron chi connectivity index (χ4n) is 3.34. The van der Waals surface area contributed by atoms with Crippen molar-refractivity contribution < 1.29 is 34.4 Å². The Balaban J connectivity index is 2.58. The van der Waals surface area contributed by atoms with Crippen molar-refractivity contribution in [3.8, 4) is 28.7 Å². The molecule has 0 aliphatic carbocycles. The van der Waals surface area contributed by atoms with E-state index in [0.717, 1.165) is 31.7 Å². The second kappa shape index (κ2) is 11.2. The standard InChI is InChI=1S/C24H30O7/c1-4-6-8-9-15-11-16(25)12-20(27)23(15)31-21-14-17(30-3)13-18(22(21)24(28)29)19(26)10-7-5-2/h11-14,25,27H,4-10H2,1-3H3,(H,28,29). The highest BCUT2D eigenvalue weighted by Crippen LogP contribution is 2.41. The highest BCUT2D eigenvalue weighted by molar-refractivity contribution is 6.08. The molecule has 0 fully saturated rings. The van der Waals surface area contributed by atoms with E-state index in [9.17, 15) is 24.9 Å². The van der Waals surface area contributed by atoms with E-state index < -0.39 is 5.97 Å². The van der Waals surface area contributed by atoms with Crippen molar-refractivity contribution in [1.82, 2.24) is 0 Å². The highest BCUT2D eigenvalue weighted by Gasteiger charge is 2.25. The number of carboxylic acids is 1. The Morgan fingerprint density at radius 2 is 1.68 bits per heavy atom. The molecule has 0 aliphatic heterocycles. The molecule has 2 aromatic carbocycles. The van der Waals surface area contributed by atoms with Crippen LogP contribution in [0.5, 0.6) is 28.7 Å². The zero-order valence-electron chi connectivity index (χ0n) is 18.2. The number of carbonyl (C=O) groups excluding carboxylic acids is 1. The molecule has 0 saturated carbocycles. The molecular weight excluding hydrogens is 400 g/mol. The average molecular weight is 430 g/mol. The van der Waals surface area contributed by atoms with Crippen molar-refractivity contribution >= 4 is 11.8 Å². The van der Waals surface area contributed by atoms with E-state index in [-0.39, 0.29) is 52.1 Å². The number of aromatic carboxylic acids is 1. The summed E-state index contributed by atoms with van der Waals surface area (Å²) in [6.45, 7) is 4.00. The molecule has 7 nitrogen and oxygen atoms in total. The molecule has 0 saturated heterocycles. The number of aromatic hydroxyl groups is 2. The minimum Gasteiger partial charge on any atom is -0.508 e. The fourth-order valence-corrected chi connectivity index (χ4v) is 3.34. The van der Waals surface area contributed by atoms with E-state index in [2.05, 4.69) is 6.92 Å². The zero-order chi connectivity index (χ0) is 23.0. The molecule has 0 aliphatic rings. The second-order valence-corrected chi connectivity index (χ2v) is 7.39. The van der Waals surface area contributed by atoms with Gasteiger partial charge in [0.05, 0.1) is 7.11 Å². The van der Waals surface area contributed by atoms with Crippen molar-refractivity contribution in [2.75, 3.05) is 7.11 Å². The number of carboxylic acid groups (broad SMARTS) is 1. The molecular formula is C24H30O7. The van der Waals surface area contributed by atoms with Gasteiger partial charge in [-0.3, -0.25) is 4.79 Å². The first-order chi connectivity index (χ1) is 14.8. The summed E-state index contributed by atoms with van der Waals surface area (Å²) in [7, 11) is 1.41. The molecule has 2 aromatic rings. The van der Waals surface area contributed by atoms with Gasteiger partial charge >= 0.3 is 5.97 Å². The van der Waals surface area contributed by atoms with Gasteiger partial charge in [0, 0.05) is 29.7 Å². The number of ketones is 1. The quantitative estimate of drug-likeness (QED) is 0.292. The maximum Gasteiger partial charge on any atom is 0.340 e. The second-order valence-electron chi connectivity index (χ2n) is 7.39. The van der Waals surface area contributed by atoms with E-state index in [1.165, 1.54) is 25.3 Å². The summed E-state index contributed by atoms with van der Waals surface area (Å²) >= 11 is 0. The third kappa shape index (κ3) is 6.13. The predicted molar refractivity (Wildman–Crippen MR) is 117 cm³/mol. The number of hydrogen-bond acceptors (Lipinski definition) is 6. The van der Waals surface area contributed by atoms with Crippen LogP contribution in [0.1, 0.15) is 78.7 Å². The number of hydrogen-bond donors (Lipinski definition) is 3. The van der Waals surface area contributed by atoms with Crippen LogP contribution in [-0.4, -0.2) is 34.2 Å². The molecule has 0 amide bonds. The normalized spacial score (nSPS) is 10.7. The van der Waals surface area contributed by atoms with Crippen LogP contribution in [0.4, 0.5) is 0 Å². The van der Waals surface area contributed by atoms with Gasteiger partial charge in [0.1, 0.15) is 22.8 Å². The third-order valence-electron chi connectivity index (χ3n) is 4.98. The molecule has 3 N–H and O–H groups in total. The van der Waals surface area contributed by atoms with Crippen LogP contribution in [-0.2, 0) is 6.42 Å². The Bertz CT molecular complexity index is 934. The van der Waals surface area contributed by atoms with Gasteiger partial charge in [-0.2, -0.15) is 0 Å². The summed E-state index contributed by atoms with van der Waals surface area (Å²) in [6, 6.07) is 5.39. The Morgan fingerprint density at radius 3 is 2.29 bits per heavy atom. The van der Waals surface area contributed by atoms with Crippen molar-refractivity contribution in [3.05, 3.63) is 41.0 Å². The van der Waals surface area contributed by atoms with E-state index >= 15 is 0 Å². The number of rotatable bonds is 12. The molecule has 0 heterocycles. The van der Waals surface area contributed by atoms with Crippen molar-refractivity contribution in [2.45, 2.75) is 58.8 Å². The number of unbranched alkanes of at least 4 members (excludes halogenated alkanes) is 3. The summed E-state index contributed by atoms with van der Waals surface area (Å²) in [6.07, 6.45) is 4.90. The van der Waals surface area contributed by atoms with Crippen molar-refractivity contribution in [3.63, 3.8) is 0 Å². The van der Waals surface area contributed by atoms with E-state index in [1.807, 2.05) is 6.92 Å². The molecule has 31 heavy (non-hydrogen) atoms. The Labute approximate surface area is 182 Å². The van der Waals surface area contributed by atoms with Crippen LogP contribution in [0.2, 0.25) is 0 Å². The van der Waals surface area contributed by atoms with Gasteiger partial charge in [0.25, 0.3) is 0 Å². The zero-order valence-corrected chi connectivity index (χ0v) is 18.2. The number of methoxy groups -OCH3 is 1. The Hall–Kier alpha value is -3.22. The molecule has 0 radical (unpaired) electrons. The Kier molecular flexibility index (Phi) is 8.73. The van der Waals surface area contributed by atoms with Gasteiger partial charge in [0.2, 0.25) is 0 Å². The summed E-state index contributed by atoms with van der Waals surface area (Å²) in [5, 5.41) is 30.1. The first-order valence-corrected chi connectivity index (χ1v) is 10.5. The number of aryl methyl sites for hydroxylation is 1. The van der Waals surface area contributed by atoms with E-state index in [4.69, 9.17) is 9.47 Å². The number of ether oxygens (including phenoxy) is 2. The van der Waals surface area contributed by atoms with Gasteiger partial charge in [-0.15, -0.1) is 0 Å². The highest BCUT2D eigenvalue weighted by atomic mass is 16.5. The topological polar surface area (TPSA) is 113 Å². The summed E-state index contributed by atoms with van der Waals surface area (Å²) in [5.41, 5.74) is 0.263. The van der Waals surface area contributed by atoms with Crippen LogP contribution in [0, 0.1) is 0 Å². The summed E-state index contributed by atoms with van der Waals surface area (Å²) in [4.78, 5) is 24.8. The Morgan fingerprint density at radius 1 is 0.968 bits per heavy atom. The van der Waals surface area contributed by atoms with E-state index in [1.54, 1.807) is 0 Å². The molecule has 0 atom stereocenters. The SMILES string of the molecule is CCCCCc1cc(O)cc(O)c1Oc1cc(OC)cc(C(=O)CCCC)c1C(=O)O. The summed E-state index contributed by atoms with van der Waals surface area (Å²) in [5.74, 6) is -1.85. The number of phenols is 2. The predicted octanol–water partition coefficient (Wildman–Crippen LogP) is 5.70. The van der Waals surface area contributed by atoms with E-state index in [0.29, 0.717) is 18.4 Å². The van der Waals surface area contributed by atoms with Crippen LogP contribution in [0.3, 0.4) is 0 Å². The van der Waals surface area contributed by atoms with Gasteiger partial charge in [-0.25, -0.2) is 4.79 Å². The molecule has 0 spiro atoms. The lowest BCUT2D eigenvalue weighted by atomic mass is 9.98. The maximum atomic E-state index is 12.7. The fraction of sp³-hybridized carbons (Fsp3) is 0.417. The summed E-state index contributed by atoms with van der Waals surface area (Å²) < 4.78 is 11.1. The molecule has 168 valence electrons. The first kappa shape index (κ1) is 24.1. The van der Waals surface area contributed by atoms with Gasteiger partial charge < -0.3 is 24.8 Å². The molecule has 0 unspecified atom stereocenters. The van der Waals surface area contributed by atoms with Crippen molar-refractivity contribution in [2.24, 2.45) is 0 Å². The molecule has 0 bridgehead atoms. The largest absolute Gasteiger partial charge is 0.508 e. The van der Waals surface area contributed by atoms with Gasteiger partial charge in [0.15, 0.2) is 17.3 Å². The smallest absolute Gasteiger partial charge is 0.340 e. The number of phenolic OH excluding ortho intramolecular Hbond substituents is 2. The first-order valence-electron chi connectivity index (χ1n) is 10.5. The van der Waals surface area contributed by atoms with Crippen LogP contribution in [0.25, 0.3) is 0 Å². The monoisotopic (exact) mass is 430 g/mol. The minimum absolute atomic E-state index is 0.00102. The molecule has 2 rings (SSSR count). The molecule has 0 aromatic heterocycles. The van der Waals surface area contributed by atoms with Crippen LogP contribution in [0.15, 0.2) is 24.3 Å². The van der Waals surface area contributed by atoms with Gasteiger partial charge in [-0.05, 0) is 31.4 Å². The van der Waals surface area contributed by atoms with Crippen LogP contribution < -0.4 is 9.47 Å². The number of carbonyl (C=O) groups is 2. The van der Waals surface area contributed by atoms with Crippen LogP contribution >= 0.6 is 0 Å². The van der Waals surface area contributed by atoms with Crippen molar-refractivity contribution in [1.29, 1.82) is 0 Å².